The van der Waals surface area contributed by atoms with Gasteiger partial charge in [-0.15, -0.1) is 35.3 Å². The van der Waals surface area contributed by atoms with Crippen LogP contribution in [0.1, 0.15) is 239 Å². The first-order chi connectivity index (χ1) is 24.3. The summed E-state index contributed by atoms with van der Waals surface area (Å²) in [5.41, 5.74) is 1.60. The Balaban J connectivity index is 2.64. The molecule has 49 heavy (non-hydrogen) atoms. The van der Waals surface area contributed by atoms with E-state index in [2.05, 4.69) is 75.1 Å². The number of hydrogen-bond acceptors (Lipinski definition) is 3. The number of hydrogen-bond donors (Lipinski definition) is 0. The van der Waals surface area contributed by atoms with Crippen LogP contribution < -0.4 is 0 Å². The molecule has 0 saturated carbocycles. The Morgan fingerprint density at radius 2 is 0.571 bits per heavy atom. The van der Waals surface area contributed by atoms with Gasteiger partial charge in [0.1, 0.15) is 0 Å². The van der Waals surface area contributed by atoms with Crippen LogP contribution in [0.15, 0.2) is 26.8 Å². The molecule has 0 N–H and O–H groups in total. The maximum absolute atomic E-state index is 2.61. The maximum Gasteiger partial charge on any atom is 0.0344 e. The van der Waals surface area contributed by atoms with Crippen molar-refractivity contribution in [2.75, 3.05) is 17.3 Å². The fraction of sp³-hybridized carbons (Fsp3) is 0.870. The number of unbranched alkanes of at least 4 members (excludes halogenated alkanes) is 28. The van der Waals surface area contributed by atoms with Gasteiger partial charge in [-0.05, 0) is 67.1 Å². The summed E-state index contributed by atoms with van der Waals surface area (Å²) in [5, 5.41) is 0. The summed E-state index contributed by atoms with van der Waals surface area (Å²) in [4.78, 5) is 4.88. The molecule has 0 saturated heterocycles. The first-order valence-electron chi connectivity index (χ1n) is 22.3. The summed E-state index contributed by atoms with van der Waals surface area (Å²) in [7, 11) is 0. The summed E-state index contributed by atoms with van der Waals surface area (Å²) in [6.45, 7) is 9.30. The van der Waals surface area contributed by atoms with Gasteiger partial charge in [0.2, 0.25) is 0 Å². The second-order valence-electron chi connectivity index (χ2n) is 15.1. The minimum atomic E-state index is 1.25. The van der Waals surface area contributed by atoms with E-state index in [1.54, 1.807) is 20.2 Å². The summed E-state index contributed by atoms with van der Waals surface area (Å²) < 4.78 is 0. The van der Waals surface area contributed by atoms with Crippen molar-refractivity contribution in [3.63, 3.8) is 0 Å². The zero-order valence-corrected chi connectivity index (χ0v) is 36.3. The highest BCUT2D eigenvalue weighted by atomic mass is 32.2. The molecular formula is C46H86S3. The first kappa shape index (κ1) is 47.3. The summed E-state index contributed by atoms with van der Waals surface area (Å²) in [6.07, 6.45) is 46.7. The van der Waals surface area contributed by atoms with Crippen molar-refractivity contribution >= 4 is 35.3 Å². The lowest BCUT2D eigenvalue weighted by Crippen LogP contribution is -1.95. The van der Waals surface area contributed by atoms with E-state index in [0.29, 0.717) is 0 Å². The topological polar surface area (TPSA) is 0 Å². The predicted molar refractivity (Wildman–Crippen MR) is 233 cm³/mol. The third kappa shape index (κ3) is 29.4. The van der Waals surface area contributed by atoms with Gasteiger partial charge in [-0.3, -0.25) is 0 Å². The van der Waals surface area contributed by atoms with Gasteiger partial charge >= 0.3 is 0 Å². The lowest BCUT2D eigenvalue weighted by Gasteiger charge is -2.17. The number of aryl methyl sites for hydroxylation is 1. The van der Waals surface area contributed by atoms with Crippen molar-refractivity contribution in [2.45, 2.75) is 254 Å². The molecule has 0 unspecified atom stereocenters. The van der Waals surface area contributed by atoms with Crippen molar-refractivity contribution in [3.8, 4) is 0 Å². The molecule has 0 amide bonds. The average molecular weight is 735 g/mol. The maximum atomic E-state index is 2.61. The van der Waals surface area contributed by atoms with E-state index < -0.39 is 0 Å². The second kappa shape index (κ2) is 38.0. The molecule has 0 heterocycles. The third-order valence-corrected chi connectivity index (χ3v) is 13.9. The Kier molecular flexibility index (Phi) is 36.7. The normalized spacial score (nSPS) is 11.6. The molecule has 3 heteroatoms. The van der Waals surface area contributed by atoms with Crippen molar-refractivity contribution in [3.05, 3.63) is 17.7 Å². The number of benzene rings is 1. The molecule has 0 aliphatic heterocycles. The third-order valence-electron chi connectivity index (χ3n) is 10.2. The van der Waals surface area contributed by atoms with Crippen LogP contribution in [0, 0.1) is 0 Å². The van der Waals surface area contributed by atoms with Gasteiger partial charge in [-0.1, -0.05) is 207 Å². The zero-order chi connectivity index (χ0) is 35.3. The van der Waals surface area contributed by atoms with E-state index in [1.165, 1.54) is 229 Å². The van der Waals surface area contributed by atoms with E-state index >= 15 is 0 Å². The average Bonchev–Trinajstić information content (AvgIpc) is 3.11. The van der Waals surface area contributed by atoms with Gasteiger partial charge in [0.05, 0.1) is 0 Å². The van der Waals surface area contributed by atoms with Crippen molar-refractivity contribution in [1.82, 2.24) is 0 Å². The Labute approximate surface area is 322 Å². The molecule has 0 aromatic heterocycles. The van der Waals surface area contributed by atoms with Crippen LogP contribution in [0.3, 0.4) is 0 Å². The highest BCUT2D eigenvalue weighted by molar-refractivity contribution is 8.03. The summed E-state index contributed by atoms with van der Waals surface area (Å²) in [5.74, 6) is 3.88. The van der Waals surface area contributed by atoms with Gasteiger partial charge in [0.25, 0.3) is 0 Å². The van der Waals surface area contributed by atoms with Gasteiger partial charge in [0.15, 0.2) is 0 Å². The van der Waals surface area contributed by atoms with Crippen LogP contribution >= 0.6 is 35.3 Å². The van der Waals surface area contributed by atoms with E-state index in [9.17, 15) is 0 Å². The molecule has 0 nitrogen and oxygen atoms in total. The van der Waals surface area contributed by atoms with Gasteiger partial charge in [0, 0.05) is 14.7 Å². The van der Waals surface area contributed by atoms with Crippen LogP contribution in [0.4, 0.5) is 0 Å². The molecule has 1 aromatic rings. The first-order valence-corrected chi connectivity index (χ1v) is 25.3. The lowest BCUT2D eigenvalue weighted by atomic mass is 10.1. The fourth-order valence-electron chi connectivity index (χ4n) is 6.82. The molecule has 0 radical (unpaired) electrons. The van der Waals surface area contributed by atoms with Gasteiger partial charge in [-0.2, -0.15) is 0 Å². The SMILES string of the molecule is CCCCCCCCCCCCSc1cc(CCCC)cc(SCCCCCCCCCCCC)c1SCCCCCCCCCCCC. The predicted octanol–water partition coefficient (Wildman–Crippen LogP) is 18.1. The summed E-state index contributed by atoms with van der Waals surface area (Å²) >= 11 is 6.60. The van der Waals surface area contributed by atoms with Crippen LogP contribution in [-0.4, -0.2) is 17.3 Å². The molecule has 288 valence electrons. The van der Waals surface area contributed by atoms with Crippen molar-refractivity contribution < 1.29 is 0 Å². The van der Waals surface area contributed by atoms with Crippen LogP contribution in [0.5, 0.6) is 0 Å². The second-order valence-corrected chi connectivity index (χ2v) is 18.5. The molecule has 1 aromatic carbocycles. The fourth-order valence-corrected chi connectivity index (χ4v) is 10.6. The van der Waals surface area contributed by atoms with Crippen LogP contribution in [0.2, 0.25) is 0 Å². The minimum Gasteiger partial charge on any atom is -0.125 e. The van der Waals surface area contributed by atoms with E-state index in [1.807, 2.05) is 0 Å². The molecule has 0 fully saturated rings. The van der Waals surface area contributed by atoms with Crippen molar-refractivity contribution in [2.24, 2.45) is 0 Å². The molecule has 0 spiro atoms. The summed E-state index contributed by atoms with van der Waals surface area (Å²) in [6, 6.07) is 5.23. The molecular weight excluding hydrogens is 649 g/mol. The quantitative estimate of drug-likeness (QED) is 0.0488. The van der Waals surface area contributed by atoms with E-state index in [4.69, 9.17) is 0 Å². The number of thioether (sulfide) groups is 3. The van der Waals surface area contributed by atoms with Crippen molar-refractivity contribution in [1.29, 1.82) is 0 Å². The molecule has 0 atom stereocenters. The van der Waals surface area contributed by atoms with E-state index in [-0.39, 0.29) is 0 Å². The largest absolute Gasteiger partial charge is 0.125 e. The Morgan fingerprint density at radius 3 is 0.878 bits per heavy atom. The Bertz CT molecular complexity index is 759. The number of rotatable bonds is 39. The highest BCUT2D eigenvalue weighted by Crippen LogP contribution is 2.41. The zero-order valence-electron chi connectivity index (χ0n) is 33.8. The minimum absolute atomic E-state index is 1.25. The molecule has 1 rings (SSSR count). The van der Waals surface area contributed by atoms with E-state index in [0.717, 1.165) is 0 Å². The highest BCUT2D eigenvalue weighted by Gasteiger charge is 2.14. The molecule has 0 aliphatic carbocycles. The Hall–Kier alpha value is 0.270. The lowest BCUT2D eigenvalue weighted by molar-refractivity contribution is 0.563. The van der Waals surface area contributed by atoms with Gasteiger partial charge in [-0.25, -0.2) is 0 Å². The van der Waals surface area contributed by atoms with Gasteiger partial charge < -0.3 is 0 Å². The standard InChI is InChI=1S/C46H86S3/c1-5-9-13-16-19-22-25-28-31-34-38-47-44-41-43(37-12-8-4)42-45(48-39-35-32-29-26-23-20-17-14-10-6-2)46(44)49-40-36-33-30-27-24-21-18-15-11-7-3/h41-42H,5-40H2,1-4H3. The van der Waals surface area contributed by atoms with Crippen LogP contribution in [-0.2, 0) is 6.42 Å². The smallest absolute Gasteiger partial charge is 0.0344 e. The van der Waals surface area contributed by atoms with Crippen LogP contribution in [0.25, 0.3) is 0 Å². The monoisotopic (exact) mass is 735 g/mol. The molecule has 0 aliphatic rings. The molecule has 0 bridgehead atoms. The Morgan fingerprint density at radius 1 is 0.306 bits per heavy atom.